The van der Waals surface area contributed by atoms with Crippen molar-refractivity contribution in [2.45, 2.75) is 12.1 Å². The van der Waals surface area contributed by atoms with Gasteiger partial charge in [-0.3, -0.25) is 9.36 Å². The Hall–Kier alpha value is -2.94. The first-order valence-electron chi connectivity index (χ1n) is 10.00. The summed E-state index contributed by atoms with van der Waals surface area (Å²) in [4.78, 5) is 12.5. The number of aromatic nitrogens is 3. The average Bonchev–Trinajstić information content (AvgIpc) is 3.26. The molecule has 0 spiro atoms. The predicted molar refractivity (Wildman–Crippen MR) is 137 cm³/mol. The van der Waals surface area contributed by atoms with E-state index in [1.165, 1.54) is 11.8 Å². The lowest BCUT2D eigenvalue weighted by atomic mass is 10.1. The van der Waals surface area contributed by atoms with E-state index in [4.69, 9.17) is 11.6 Å². The van der Waals surface area contributed by atoms with E-state index >= 15 is 0 Å². The van der Waals surface area contributed by atoms with Gasteiger partial charge in [-0.25, -0.2) is 5.43 Å². The zero-order chi connectivity index (χ0) is 23.2. The van der Waals surface area contributed by atoms with Crippen LogP contribution in [0.1, 0.15) is 12.5 Å². The van der Waals surface area contributed by atoms with Gasteiger partial charge in [0.2, 0.25) is 0 Å². The van der Waals surface area contributed by atoms with E-state index < -0.39 is 0 Å². The third kappa shape index (κ3) is 5.90. The van der Waals surface area contributed by atoms with Crippen LogP contribution in [0.25, 0.3) is 17.1 Å². The Bertz CT molecular complexity index is 1270. The van der Waals surface area contributed by atoms with E-state index in [1.807, 2.05) is 78.2 Å². The Morgan fingerprint density at radius 1 is 1.03 bits per heavy atom. The van der Waals surface area contributed by atoms with Crippen molar-refractivity contribution in [3.63, 3.8) is 0 Å². The molecule has 0 atom stereocenters. The molecule has 9 heteroatoms. The summed E-state index contributed by atoms with van der Waals surface area (Å²) in [6.07, 6.45) is 0. The third-order valence-corrected chi connectivity index (χ3v) is 6.40. The van der Waals surface area contributed by atoms with Gasteiger partial charge in [-0.15, -0.1) is 10.2 Å². The van der Waals surface area contributed by atoms with Crippen LogP contribution in [0.3, 0.4) is 0 Å². The zero-order valence-electron chi connectivity index (χ0n) is 17.6. The average molecular weight is 541 g/mol. The van der Waals surface area contributed by atoms with Crippen LogP contribution in [0, 0.1) is 0 Å². The number of benzene rings is 3. The Kier molecular flexibility index (Phi) is 7.59. The predicted octanol–water partition coefficient (Wildman–Crippen LogP) is 5.98. The molecule has 0 aliphatic rings. The monoisotopic (exact) mass is 539 g/mol. The molecule has 0 unspecified atom stereocenters. The lowest BCUT2D eigenvalue weighted by Gasteiger charge is -2.10. The molecule has 1 N–H and O–H groups in total. The number of carbonyl (C=O) groups excluding carboxylic acids is 1. The maximum atomic E-state index is 12.5. The fourth-order valence-electron chi connectivity index (χ4n) is 3.02. The molecule has 1 heterocycles. The summed E-state index contributed by atoms with van der Waals surface area (Å²) in [7, 11) is 0. The van der Waals surface area contributed by atoms with Crippen LogP contribution in [0.15, 0.2) is 93.6 Å². The van der Waals surface area contributed by atoms with Crippen molar-refractivity contribution >= 4 is 50.9 Å². The summed E-state index contributed by atoms with van der Waals surface area (Å²) in [6, 6.07) is 25.0. The second kappa shape index (κ2) is 10.8. The largest absolute Gasteiger partial charge is 0.272 e. The Labute approximate surface area is 209 Å². The molecule has 0 radical (unpaired) electrons. The minimum Gasteiger partial charge on any atom is -0.272 e. The molecule has 166 valence electrons. The minimum atomic E-state index is -0.236. The molecule has 0 aliphatic carbocycles. The highest BCUT2D eigenvalue weighted by Gasteiger charge is 2.17. The standard InChI is InChI=1S/C24H19BrClN5OS/c1-16(17-7-11-20(26)12-8-17)27-28-22(32)15-33-24-30-29-23(18-5-3-2-4-6-18)31(24)21-13-9-19(25)10-14-21/h2-14H,15H2,1H3,(H,28,32)/b27-16+. The molecule has 1 amide bonds. The Morgan fingerprint density at radius 2 is 1.73 bits per heavy atom. The van der Waals surface area contributed by atoms with Gasteiger partial charge in [0.25, 0.3) is 5.91 Å². The van der Waals surface area contributed by atoms with E-state index in [1.54, 1.807) is 12.1 Å². The number of hydrazone groups is 1. The molecule has 3 aromatic carbocycles. The van der Waals surface area contributed by atoms with Crippen LogP contribution in [-0.4, -0.2) is 32.1 Å². The van der Waals surface area contributed by atoms with Crippen molar-refractivity contribution in [2.75, 3.05) is 5.75 Å². The summed E-state index contributed by atoms with van der Waals surface area (Å²) >= 11 is 10.7. The molecule has 0 aliphatic heterocycles. The SMILES string of the molecule is C/C(=N\NC(=O)CSc1nnc(-c2ccccc2)n1-c1ccc(Br)cc1)c1ccc(Cl)cc1. The van der Waals surface area contributed by atoms with Crippen molar-refractivity contribution in [1.29, 1.82) is 0 Å². The van der Waals surface area contributed by atoms with Gasteiger partial charge in [-0.2, -0.15) is 5.10 Å². The normalized spacial score (nSPS) is 11.4. The number of rotatable bonds is 7. The highest BCUT2D eigenvalue weighted by Crippen LogP contribution is 2.28. The number of thioether (sulfide) groups is 1. The first kappa shape index (κ1) is 23.2. The van der Waals surface area contributed by atoms with Gasteiger partial charge >= 0.3 is 0 Å². The number of nitrogens with one attached hydrogen (secondary N) is 1. The van der Waals surface area contributed by atoms with E-state index in [0.29, 0.717) is 21.7 Å². The second-order valence-corrected chi connectivity index (χ2v) is 9.31. The van der Waals surface area contributed by atoms with Crippen LogP contribution in [-0.2, 0) is 4.79 Å². The van der Waals surface area contributed by atoms with Crippen molar-refractivity contribution in [3.8, 4) is 17.1 Å². The summed E-state index contributed by atoms with van der Waals surface area (Å²) < 4.78 is 2.92. The molecule has 1 aromatic heterocycles. The summed E-state index contributed by atoms with van der Waals surface area (Å²) in [6.45, 7) is 1.83. The van der Waals surface area contributed by atoms with Crippen molar-refractivity contribution in [3.05, 3.63) is 93.9 Å². The lowest BCUT2D eigenvalue weighted by molar-refractivity contribution is -0.118. The fraction of sp³-hybridized carbons (Fsp3) is 0.0833. The fourth-order valence-corrected chi connectivity index (χ4v) is 4.16. The number of hydrogen-bond donors (Lipinski definition) is 1. The number of amides is 1. The molecule has 33 heavy (non-hydrogen) atoms. The highest BCUT2D eigenvalue weighted by molar-refractivity contribution is 9.10. The van der Waals surface area contributed by atoms with Gasteiger partial charge in [0.15, 0.2) is 11.0 Å². The van der Waals surface area contributed by atoms with Crippen molar-refractivity contribution < 1.29 is 4.79 Å². The van der Waals surface area contributed by atoms with Crippen LogP contribution < -0.4 is 5.43 Å². The molecule has 4 rings (SSSR count). The van der Waals surface area contributed by atoms with Gasteiger partial charge in [0.05, 0.1) is 11.5 Å². The van der Waals surface area contributed by atoms with Gasteiger partial charge in [-0.1, -0.05) is 81.8 Å². The highest BCUT2D eigenvalue weighted by atomic mass is 79.9. The summed E-state index contributed by atoms with van der Waals surface area (Å²) in [5.41, 5.74) is 6.02. The number of halogens is 2. The molecule has 6 nitrogen and oxygen atoms in total. The van der Waals surface area contributed by atoms with Crippen LogP contribution in [0.5, 0.6) is 0 Å². The quantitative estimate of drug-likeness (QED) is 0.178. The first-order chi connectivity index (χ1) is 16.0. The van der Waals surface area contributed by atoms with Gasteiger partial charge in [-0.05, 0) is 48.9 Å². The Balaban J connectivity index is 1.51. The second-order valence-electron chi connectivity index (χ2n) is 7.01. The number of carbonyl (C=O) groups is 1. The van der Waals surface area contributed by atoms with E-state index in [-0.39, 0.29) is 11.7 Å². The molecule has 0 saturated heterocycles. The molecule has 0 fully saturated rings. The van der Waals surface area contributed by atoms with Crippen molar-refractivity contribution in [2.24, 2.45) is 5.10 Å². The number of nitrogens with zero attached hydrogens (tertiary/aromatic N) is 4. The molecule has 4 aromatic rings. The third-order valence-electron chi connectivity index (χ3n) is 4.69. The first-order valence-corrected chi connectivity index (χ1v) is 12.2. The summed E-state index contributed by atoms with van der Waals surface area (Å²) in [5, 5.41) is 14.2. The van der Waals surface area contributed by atoms with E-state index in [9.17, 15) is 4.79 Å². The Morgan fingerprint density at radius 3 is 2.42 bits per heavy atom. The number of hydrogen-bond acceptors (Lipinski definition) is 5. The molecule has 0 bridgehead atoms. The van der Waals surface area contributed by atoms with Crippen molar-refractivity contribution in [1.82, 2.24) is 20.2 Å². The van der Waals surface area contributed by atoms with Crippen LogP contribution >= 0.6 is 39.3 Å². The smallest absolute Gasteiger partial charge is 0.250 e. The van der Waals surface area contributed by atoms with Gasteiger partial charge in [0, 0.05) is 20.7 Å². The van der Waals surface area contributed by atoms with Gasteiger partial charge < -0.3 is 0 Å². The molecule has 0 saturated carbocycles. The maximum Gasteiger partial charge on any atom is 0.250 e. The maximum absolute atomic E-state index is 12.5. The lowest BCUT2D eigenvalue weighted by Crippen LogP contribution is -2.21. The summed E-state index contributed by atoms with van der Waals surface area (Å²) in [5.74, 6) is 0.610. The zero-order valence-corrected chi connectivity index (χ0v) is 20.7. The minimum absolute atomic E-state index is 0.140. The van der Waals surface area contributed by atoms with Gasteiger partial charge in [0.1, 0.15) is 0 Å². The molecular weight excluding hydrogens is 522 g/mol. The van der Waals surface area contributed by atoms with Crippen LogP contribution in [0.2, 0.25) is 5.02 Å². The van der Waals surface area contributed by atoms with Crippen LogP contribution in [0.4, 0.5) is 0 Å². The van der Waals surface area contributed by atoms with E-state index in [0.717, 1.165) is 21.3 Å². The topological polar surface area (TPSA) is 72.2 Å². The molecular formula is C24H19BrClN5OS. The van der Waals surface area contributed by atoms with E-state index in [2.05, 4.69) is 36.7 Å².